The van der Waals surface area contributed by atoms with Crippen molar-refractivity contribution in [1.82, 2.24) is 0 Å². The second-order valence-electron chi connectivity index (χ2n) is 6.46. The Bertz CT molecular complexity index is 376. The zero-order valence-electron chi connectivity index (χ0n) is 11.5. The average Bonchev–Trinajstić information content (AvgIpc) is 2.14. The molecule has 0 radical (unpaired) electrons. The Morgan fingerprint density at radius 3 is 1.53 bits per heavy atom. The van der Waals surface area contributed by atoms with Crippen molar-refractivity contribution in [2.75, 3.05) is 0 Å². The van der Waals surface area contributed by atoms with Crippen LogP contribution in [0.25, 0.3) is 0 Å². The number of hydrogen-bond donors (Lipinski definition) is 2. The molecule has 0 atom stereocenters. The summed E-state index contributed by atoms with van der Waals surface area (Å²) in [6.07, 6.45) is 0. The molecule has 2 nitrogen and oxygen atoms in total. The quantitative estimate of drug-likeness (QED) is 0.580. The molecule has 3 heteroatoms. The molecule has 96 valence electrons. The first-order valence-corrected chi connectivity index (χ1v) is 6.13. The van der Waals surface area contributed by atoms with E-state index >= 15 is 0 Å². The molecule has 1 rings (SSSR count). The van der Waals surface area contributed by atoms with Crippen molar-refractivity contribution in [1.29, 1.82) is 0 Å². The van der Waals surface area contributed by atoms with Crippen LogP contribution in [0.5, 0.6) is 11.5 Å². The Morgan fingerprint density at radius 1 is 0.941 bits per heavy atom. The maximum atomic E-state index is 10.4. The molecular weight excluding hydrogens is 232 g/mol. The normalized spacial score (nSPS) is 12.6. The molecule has 0 saturated heterocycles. The number of thiol groups is 1. The van der Waals surface area contributed by atoms with Crippen LogP contribution in [-0.2, 0) is 10.8 Å². The highest BCUT2D eigenvalue weighted by Gasteiger charge is 2.26. The molecule has 1 N–H and O–H groups in total. The molecule has 0 unspecified atom stereocenters. The van der Waals surface area contributed by atoms with Crippen LogP contribution in [0.2, 0.25) is 0 Å². The van der Waals surface area contributed by atoms with Crippen LogP contribution in [0.4, 0.5) is 0 Å². The molecule has 1 aromatic carbocycles. The molecule has 0 fully saturated rings. The molecule has 0 heterocycles. The summed E-state index contributed by atoms with van der Waals surface area (Å²) in [5, 5.41) is 10.4. The van der Waals surface area contributed by atoms with E-state index in [0.29, 0.717) is 11.5 Å². The number of aromatic hydroxyl groups is 1. The predicted molar refractivity (Wildman–Crippen MR) is 75.1 cm³/mol. The molecule has 0 aliphatic rings. The van der Waals surface area contributed by atoms with Gasteiger partial charge in [-0.3, -0.25) is 0 Å². The molecule has 0 saturated carbocycles. The fourth-order valence-electron chi connectivity index (χ4n) is 1.80. The highest BCUT2D eigenvalue weighted by molar-refractivity contribution is 7.75. The fourth-order valence-corrected chi connectivity index (χ4v) is 1.91. The molecule has 1 aromatic rings. The predicted octanol–water partition coefficient (Wildman–Crippen LogP) is 4.21. The van der Waals surface area contributed by atoms with Crippen molar-refractivity contribution in [2.24, 2.45) is 0 Å². The smallest absolute Gasteiger partial charge is 0.137 e. The third-order valence-corrected chi connectivity index (χ3v) is 3.02. The SMILES string of the molecule is CC(C)(C)c1cc(OS)cc(C(C)(C)C)c1O. The van der Waals surface area contributed by atoms with Gasteiger partial charge in [-0.2, -0.15) is 0 Å². The molecule has 0 aliphatic heterocycles. The lowest BCUT2D eigenvalue weighted by Crippen LogP contribution is -2.17. The van der Waals surface area contributed by atoms with E-state index in [0.717, 1.165) is 11.1 Å². The van der Waals surface area contributed by atoms with Crippen LogP contribution in [0.1, 0.15) is 52.7 Å². The van der Waals surface area contributed by atoms with Crippen LogP contribution >= 0.6 is 12.9 Å². The van der Waals surface area contributed by atoms with Gasteiger partial charge in [-0.1, -0.05) is 41.5 Å². The minimum absolute atomic E-state index is 0.133. The number of rotatable bonds is 1. The van der Waals surface area contributed by atoms with Gasteiger partial charge in [0, 0.05) is 24.0 Å². The van der Waals surface area contributed by atoms with Crippen LogP contribution in [0.3, 0.4) is 0 Å². The minimum Gasteiger partial charge on any atom is -0.507 e. The van der Waals surface area contributed by atoms with E-state index in [1.165, 1.54) is 0 Å². The summed E-state index contributed by atoms with van der Waals surface area (Å²) in [5.74, 6) is 1.03. The summed E-state index contributed by atoms with van der Waals surface area (Å²) in [6, 6.07) is 3.69. The molecule has 0 bridgehead atoms. The van der Waals surface area contributed by atoms with Gasteiger partial charge < -0.3 is 9.29 Å². The van der Waals surface area contributed by atoms with Gasteiger partial charge in [0.25, 0.3) is 0 Å². The first-order valence-electron chi connectivity index (χ1n) is 5.77. The number of phenolic OH excluding ortho intramolecular Hbond substituents is 1. The van der Waals surface area contributed by atoms with Crippen molar-refractivity contribution >= 4 is 12.9 Å². The Labute approximate surface area is 110 Å². The van der Waals surface area contributed by atoms with Crippen molar-refractivity contribution in [3.63, 3.8) is 0 Å². The molecule has 0 spiro atoms. The highest BCUT2D eigenvalue weighted by Crippen LogP contribution is 2.41. The van der Waals surface area contributed by atoms with Gasteiger partial charge >= 0.3 is 0 Å². The van der Waals surface area contributed by atoms with E-state index in [2.05, 4.69) is 54.5 Å². The largest absolute Gasteiger partial charge is 0.507 e. The summed E-state index contributed by atoms with van der Waals surface area (Å²) >= 11 is 3.85. The second kappa shape index (κ2) is 4.45. The van der Waals surface area contributed by atoms with Crippen molar-refractivity contribution in [3.8, 4) is 11.5 Å². The van der Waals surface area contributed by atoms with E-state index in [4.69, 9.17) is 4.18 Å². The third-order valence-electron chi connectivity index (χ3n) is 2.80. The number of hydrogen-bond acceptors (Lipinski definition) is 3. The zero-order chi connectivity index (χ0) is 13.4. The zero-order valence-corrected chi connectivity index (χ0v) is 12.4. The van der Waals surface area contributed by atoms with E-state index in [9.17, 15) is 5.11 Å². The van der Waals surface area contributed by atoms with Gasteiger partial charge in [-0.25, -0.2) is 0 Å². The topological polar surface area (TPSA) is 29.5 Å². The standard InChI is InChI=1S/C14H22O2S/c1-13(2,3)10-7-9(16-17)8-11(12(10)15)14(4,5)6/h7-8,15,17H,1-6H3. The lowest BCUT2D eigenvalue weighted by Gasteiger charge is -2.27. The summed E-state index contributed by atoms with van der Waals surface area (Å²) in [7, 11) is 0. The van der Waals surface area contributed by atoms with Gasteiger partial charge in [0.1, 0.15) is 11.5 Å². The molecular formula is C14H22O2S. The number of phenols is 1. The maximum Gasteiger partial charge on any atom is 0.137 e. The Balaban J connectivity index is 3.53. The van der Waals surface area contributed by atoms with Gasteiger partial charge in [0.2, 0.25) is 0 Å². The van der Waals surface area contributed by atoms with Crippen molar-refractivity contribution < 1.29 is 9.29 Å². The van der Waals surface area contributed by atoms with Crippen LogP contribution in [0, 0.1) is 0 Å². The van der Waals surface area contributed by atoms with Crippen LogP contribution in [-0.4, -0.2) is 5.11 Å². The van der Waals surface area contributed by atoms with Gasteiger partial charge in [0.05, 0.1) is 0 Å². The van der Waals surface area contributed by atoms with Crippen molar-refractivity contribution in [3.05, 3.63) is 23.3 Å². The first-order chi connectivity index (χ1) is 7.57. The van der Waals surface area contributed by atoms with Crippen molar-refractivity contribution in [2.45, 2.75) is 52.4 Å². The summed E-state index contributed by atoms with van der Waals surface area (Å²) in [4.78, 5) is 0. The third kappa shape index (κ3) is 3.09. The van der Waals surface area contributed by atoms with E-state index < -0.39 is 0 Å². The summed E-state index contributed by atoms with van der Waals surface area (Å²) in [5.41, 5.74) is 1.50. The maximum absolute atomic E-state index is 10.4. The number of benzene rings is 1. The first kappa shape index (κ1) is 14.2. The molecule has 0 aliphatic carbocycles. The van der Waals surface area contributed by atoms with E-state index in [1.807, 2.05) is 12.1 Å². The summed E-state index contributed by atoms with van der Waals surface area (Å²) < 4.78 is 5.02. The van der Waals surface area contributed by atoms with E-state index in [1.54, 1.807) is 0 Å². The Morgan fingerprint density at radius 2 is 1.29 bits per heavy atom. The lowest BCUT2D eigenvalue weighted by molar-refractivity contribution is 0.421. The van der Waals surface area contributed by atoms with Crippen LogP contribution in [0.15, 0.2) is 12.1 Å². The van der Waals surface area contributed by atoms with Crippen LogP contribution < -0.4 is 4.18 Å². The molecule has 0 aromatic heterocycles. The highest BCUT2D eigenvalue weighted by atomic mass is 32.1. The Hall–Kier alpha value is -0.830. The van der Waals surface area contributed by atoms with Gasteiger partial charge in [0.15, 0.2) is 0 Å². The van der Waals surface area contributed by atoms with E-state index in [-0.39, 0.29) is 10.8 Å². The molecule has 0 amide bonds. The second-order valence-corrected chi connectivity index (χ2v) is 6.64. The lowest BCUT2D eigenvalue weighted by atomic mass is 9.79. The minimum atomic E-state index is -0.133. The van der Waals surface area contributed by atoms with Gasteiger partial charge in [-0.05, 0) is 23.0 Å². The average molecular weight is 254 g/mol. The Kier molecular flexibility index (Phi) is 3.72. The monoisotopic (exact) mass is 254 g/mol. The van der Waals surface area contributed by atoms with Gasteiger partial charge in [-0.15, -0.1) is 0 Å². The fraction of sp³-hybridized carbons (Fsp3) is 0.571. The molecule has 17 heavy (non-hydrogen) atoms. The summed E-state index contributed by atoms with van der Waals surface area (Å²) in [6.45, 7) is 12.4.